The number of para-hydroxylation sites is 1. The van der Waals surface area contributed by atoms with Crippen LogP contribution in [0.15, 0.2) is 63.8 Å². The fraction of sp³-hybridized carbons (Fsp3) is 0. The van der Waals surface area contributed by atoms with Gasteiger partial charge < -0.3 is 4.42 Å². The number of fused-ring (bicyclic) bond motifs is 1. The maximum atomic E-state index is 12.0. The van der Waals surface area contributed by atoms with Gasteiger partial charge in [0.1, 0.15) is 11.3 Å². The normalized spacial score (nSPS) is 10.3. The van der Waals surface area contributed by atoms with Crippen molar-refractivity contribution in [3.63, 3.8) is 0 Å². The Balaban J connectivity index is 2.20. The third-order valence-electron chi connectivity index (χ3n) is 2.90. The first-order valence-corrected chi connectivity index (χ1v) is 5.76. The van der Waals surface area contributed by atoms with Crippen molar-refractivity contribution >= 4 is 16.7 Å². The van der Waals surface area contributed by atoms with E-state index in [9.17, 15) is 4.79 Å². The molecule has 0 aliphatic heterocycles. The Morgan fingerprint density at radius 2 is 1.74 bits per heavy atom. The molecule has 1 heterocycles. The van der Waals surface area contributed by atoms with Crippen LogP contribution in [0.1, 0.15) is 0 Å². The van der Waals surface area contributed by atoms with E-state index in [1.165, 1.54) is 6.07 Å². The molecule has 1 aromatic heterocycles. The second-order valence-electron chi connectivity index (χ2n) is 4.12. The molecular formula is C15H9N2O2+. The minimum Gasteiger partial charge on any atom is -0.456 e. The summed E-state index contributed by atoms with van der Waals surface area (Å²) in [5.41, 5.74) is 1.69. The molecule has 0 unspecified atom stereocenters. The molecule has 3 aromatic rings. The van der Waals surface area contributed by atoms with Gasteiger partial charge in [0.25, 0.3) is 0 Å². The lowest BCUT2D eigenvalue weighted by Gasteiger charge is -2.01. The van der Waals surface area contributed by atoms with Crippen molar-refractivity contribution in [3.8, 4) is 11.3 Å². The van der Waals surface area contributed by atoms with E-state index in [0.717, 1.165) is 5.56 Å². The molecule has 0 fully saturated rings. The van der Waals surface area contributed by atoms with Gasteiger partial charge in [-0.3, -0.25) is 4.79 Å². The Hall–Kier alpha value is -2.93. The van der Waals surface area contributed by atoms with Crippen molar-refractivity contribution in [1.29, 1.82) is 5.39 Å². The van der Waals surface area contributed by atoms with Gasteiger partial charge in [-0.05, 0) is 24.3 Å². The Labute approximate surface area is 108 Å². The van der Waals surface area contributed by atoms with E-state index in [1.54, 1.807) is 42.5 Å². The fourth-order valence-corrected chi connectivity index (χ4v) is 1.94. The average molecular weight is 249 g/mol. The van der Waals surface area contributed by atoms with Crippen molar-refractivity contribution < 1.29 is 4.42 Å². The van der Waals surface area contributed by atoms with Gasteiger partial charge in [0.15, 0.2) is 10.4 Å². The lowest BCUT2D eigenvalue weighted by molar-refractivity contribution is 0.619. The van der Waals surface area contributed by atoms with Crippen molar-refractivity contribution in [1.82, 2.24) is 0 Å². The van der Waals surface area contributed by atoms with Crippen molar-refractivity contribution in [2.75, 3.05) is 0 Å². The second kappa shape index (κ2) is 4.39. The van der Waals surface area contributed by atoms with E-state index >= 15 is 0 Å². The maximum Gasteiger partial charge on any atom is 0.385 e. The van der Waals surface area contributed by atoms with Gasteiger partial charge in [0, 0.05) is 23.8 Å². The van der Waals surface area contributed by atoms with Crippen LogP contribution < -0.4 is 5.43 Å². The van der Waals surface area contributed by atoms with E-state index in [0.29, 0.717) is 22.4 Å². The molecule has 0 aliphatic rings. The molecular weight excluding hydrogens is 240 g/mol. The zero-order chi connectivity index (χ0) is 13.2. The van der Waals surface area contributed by atoms with Gasteiger partial charge in [-0.25, -0.2) is 0 Å². The third kappa shape index (κ3) is 1.98. The summed E-state index contributed by atoms with van der Waals surface area (Å²) >= 11 is 0. The molecule has 0 saturated heterocycles. The lowest BCUT2D eigenvalue weighted by atomic mass is 10.1. The van der Waals surface area contributed by atoms with Crippen molar-refractivity contribution in [2.24, 2.45) is 0 Å². The van der Waals surface area contributed by atoms with Gasteiger partial charge in [-0.1, -0.05) is 12.1 Å². The highest BCUT2D eigenvalue weighted by Gasteiger charge is 2.08. The van der Waals surface area contributed by atoms with Crippen LogP contribution >= 0.6 is 0 Å². The average Bonchev–Trinajstić information content (AvgIpc) is 2.47. The quantitative estimate of drug-likeness (QED) is 0.613. The summed E-state index contributed by atoms with van der Waals surface area (Å²) in [7, 11) is 0. The monoisotopic (exact) mass is 249 g/mol. The molecule has 0 bridgehead atoms. The van der Waals surface area contributed by atoms with Crippen LogP contribution in [0, 0.1) is 5.39 Å². The van der Waals surface area contributed by atoms with Gasteiger partial charge >= 0.3 is 5.69 Å². The smallest absolute Gasteiger partial charge is 0.385 e. The van der Waals surface area contributed by atoms with Crippen LogP contribution in [0.4, 0.5) is 5.69 Å². The summed E-state index contributed by atoms with van der Waals surface area (Å²) < 4.78 is 5.71. The molecule has 19 heavy (non-hydrogen) atoms. The molecule has 0 aliphatic carbocycles. The molecule has 0 saturated carbocycles. The Kier molecular flexibility index (Phi) is 2.58. The minimum atomic E-state index is -0.0761. The summed E-state index contributed by atoms with van der Waals surface area (Å²) in [5.74, 6) is 0.494. The van der Waals surface area contributed by atoms with E-state index in [-0.39, 0.29) is 5.43 Å². The molecule has 0 spiro atoms. The molecule has 3 rings (SSSR count). The number of hydrogen-bond acceptors (Lipinski definition) is 3. The van der Waals surface area contributed by atoms with Crippen LogP contribution in [0.3, 0.4) is 0 Å². The fourth-order valence-electron chi connectivity index (χ4n) is 1.94. The Morgan fingerprint density at radius 1 is 1.00 bits per heavy atom. The molecule has 0 atom stereocenters. The first-order valence-electron chi connectivity index (χ1n) is 5.76. The molecule has 2 aromatic carbocycles. The summed E-state index contributed by atoms with van der Waals surface area (Å²) in [5, 5.41) is 9.20. The van der Waals surface area contributed by atoms with E-state index < -0.39 is 0 Å². The highest BCUT2D eigenvalue weighted by Crippen LogP contribution is 2.24. The van der Waals surface area contributed by atoms with Gasteiger partial charge in [-0.2, -0.15) is 0 Å². The summed E-state index contributed by atoms with van der Waals surface area (Å²) in [4.78, 5) is 15.1. The molecule has 0 amide bonds. The van der Waals surface area contributed by atoms with Gasteiger partial charge in [0.2, 0.25) is 5.39 Å². The first-order chi connectivity index (χ1) is 9.28. The number of diazo groups is 1. The Morgan fingerprint density at radius 3 is 2.47 bits per heavy atom. The topological polar surface area (TPSA) is 58.4 Å². The van der Waals surface area contributed by atoms with E-state index in [1.807, 2.05) is 6.07 Å². The van der Waals surface area contributed by atoms with Crippen LogP contribution in [-0.4, -0.2) is 0 Å². The van der Waals surface area contributed by atoms with Crippen LogP contribution in [0.2, 0.25) is 0 Å². The van der Waals surface area contributed by atoms with Crippen molar-refractivity contribution in [3.05, 3.63) is 69.8 Å². The summed E-state index contributed by atoms with van der Waals surface area (Å²) in [6.45, 7) is 0. The van der Waals surface area contributed by atoms with Crippen molar-refractivity contribution in [2.45, 2.75) is 0 Å². The Bertz CT molecular complexity index is 842. The minimum absolute atomic E-state index is 0.0761. The first kappa shape index (κ1) is 11.2. The zero-order valence-electron chi connectivity index (χ0n) is 9.91. The van der Waals surface area contributed by atoms with E-state index in [2.05, 4.69) is 4.98 Å². The second-order valence-corrected chi connectivity index (χ2v) is 4.12. The van der Waals surface area contributed by atoms with Crippen LogP contribution in [0.5, 0.6) is 0 Å². The zero-order valence-corrected chi connectivity index (χ0v) is 9.91. The standard InChI is InChI=1S/C15H9N2O2/c16-17-11-7-5-10(6-8-11)15-9-13(18)12-3-1-2-4-14(12)19-15/h1-9H/q+1. The van der Waals surface area contributed by atoms with E-state index in [4.69, 9.17) is 9.81 Å². The van der Waals surface area contributed by atoms with Crippen LogP contribution in [0.25, 0.3) is 27.3 Å². The highest BCUT2D eigenvalue weighted by atomic mass is 16.3. The SMILES string of the molecule is N#[N+]c1ccc(-c2cc(=O)c3ccccc3o2)cc1. The molecule has 0 radical (unpaired) electrons. The lowest BCUT2D eigenvalue weighted by Crippen LogP contribution is -1.99. The third-order valence-corrected chi connectivity index (χ3v) is 2.90. The molecule has 4 nitrogen and oxygen atoms in total. The van der Waals surface area contributed by atoms with Gasteiger partial charge in [0.05, 0.1) is 5.39 Å². The predicted molar refractivity (Wildman–Crippen MR) is 72.7 cm³/mol. The number of rotatable bonds is 1. The predicted octanol–water partition coefficient (Wildman–Crippen LogP) is 3.94. The largest absolute Gasteiger partial charge is 0.456 e. The highest BCUT2D eigenvalue weighted by molar-refractivity contribution is 5.78. The van der Waals surface area contributed by atoms with Gasteiger partial charge in [-0.15, -0.1) is 0 Å². The molecule has 90 valence electrons. The molecule has 0 N–H and O–H groups in total. The number of nitrogens with zero attached hydrogens (tertiary/aromatic N) is 2. The number of hydrogen-bond donors (Lipinski definition) is 0. The summed E-state index contributed by atoms with van der Waals surface area (Å²) in [6.07, 6.45) is 0. The number of benzene rings is 2. The summed E-state index contributed by atoms with van der Waals surface area (Å²) in [6, 6.07) is 15.3. The molecule has 4 heteroatoms. The van der Waals surface area contributed by atoms with Crippen LogP contribution in [-0.2, 0) is 0 Å². The maximum absolute atomic E-state index is 12.0.